The van der Waals surface area contributed by atoms with E-state index in [0.29, 0.717) is 5.82 Å². The molecule has 0 aliphatic heterocycles. The number of hydrogen-bond donors (Lipinski definition) is 1. The molecular formula is C12H11IN2. The molecule has 1 aromatic heterocycles. The van der Waals surface area contributed by atoms with Crippen molar-refractivity contribution in [2.45, 2.75) is 6.42 Å². The van der Waals surface area contributed by atoms with Crippen molar-refractivity contribution in [3.05, 3.63) is 57.3 Å². The fraction of sp³-hybridized carbons (Fsp3) is 0.0833. The van der Waals surface area contributed by atoms with Crippen LogP contribution in [0.3, 0.4) is 0 Å². The molecule has 1 aromatic carbocycles. The highest BCUT2D eigenvalue weighted by Crippen LogP contribution is 2.14. The van der Waals surface area contributed by atoms with Crippen LogP contribution in [0.4, 0.5) is 5.82 Å². The summed E-state index contributed by atoms with van der Waals surface area (Å²) in [6.07, 6.45) is 2.56. The maximum absolute atomic E-state index is 5.79. The first-order valence-corrected chi connectivity index (χ1v) is 5.77. The van der Waals surface area contributed by atoms with Gasteiger partial charge in [-0.05, 0) is 51.9 Å². The monoisotopic (exact) mass is 310 g/mol. The maximum atomic E-state index is 5.79. The number of nitrogen functional groups attached to an aromatic ring is 1. The Labute approximate surface area is 103 Å². The predicted octanol–water partition coefficient (Wildman–Crippen LogP) is 2.86. The average Bonchev–Trinajstić information content (AvgIpc) is 2.25. The van der Waals surface area contributed by atoms with Crippen LogP contribution >= 0.6 is 22.6 Å². The molecule has 0 bridgehead atoms. The first kappa shape index (κ1) is 10.4. The highest BCUT2D eigenvalue weighted by molar-refractivity contribution is 14.1. The highest BCUT2D eigenvalue weighted by Gasteiger charge is 2.00. The molecule has 0 radical (unpaired) electrons. The Morgan fingerprint density at radius 3 is 2.53 bits per heavy atom. The van der Waals surface area contributed by atoms with Crippen molar-refractivity contribution >= 4 is 28.4 Å². The van der Waals surface area contributed by atoms with Gasteiger partial charge in [-0.15, -0.1) is 0 Å². The normalized spacial score (nSPS) is 10.2. The summed E-state index contributed by atoms with van der Waals surface area (Å²) >= 11 is 2.30. The minimum absolute atomic E-state index is 0.621. The summed E-state index contributed by atoms with van der Waals surface area (Å²) in [7, 11) is 0. The molecule has 2 aromatic rings. The number of hydrogen-bond acceptors (Lipinski definition) is 2. The van der Waals surface area contributed by atoms with Gasteiger partial charge < -0.3 is 5.73 Å². The Morgan fingerprint density at radius 2 is 1.87 bits per heavy atom. The lowest BCUT2D eigenvalue weighted by molar-refractivity contribution is 1.15. The van der Waals surface area contributed by atoms with Gasteiger partial charge in [0.15, 0.2) is 0 Å². The lowest BCUT2D eigenvalue weighted by Gasteiger charge is -2.04. The zero-order chi connectivity index (χ0) is 10.7. The fourth-order valence-electron chi connectivity index (χ4n) is 1.42. The van der Waals surface area contributed by atoms with Gasteiger partial charge in [0.2, 0.25) is 0 Å². The molecule has 2 rings (SSSR count). The molecule has 0 aliphatic rings. The van der Waals surface area contributed by atoms with Crippen LogP contribution in [0.1, 0.15) is 11.1 Å². The molecule has 0 aliphatic carbocycles. The first-order chi connectivity index (χ1) is 7.25. The molecule has 0 atom stereocenters. The van der Waals surface area contributed by atoms with Gasteiger partial charge in [-0.2, -0.15) is 0 Å². The Balaban J connectivity index is 2.22. The van der Waals surface area contributed by atoms with E-state index in [1.807, 2.05) is 12.1 Å². The maximum Gasteiger partial charge on any atom is 0.126 e. The summed E-state index contributed by atoms with van der Waals surface area (Å²) in [5.41, 5.74) is 8.13. The average molecular weight is 310 g/mol. The molecule has 0 saturated carbocycles. The van der Waals surface area contributed by atoms with E-state index in [-0.39, 0.29) is 0 Å². The zero-order valence-electron chi connectivity index (χ0n) is 8.15. The molecular weight excluding hydrogens is 299 g/mol. The van der Waals surface area contributed by atoms with Gasteiger partial charge in [0.25, 0.3) is 0 Å². The van der Waals surface area contributed by atoms with Gasteiger partial charge >= 0.3 is 0 Å². The van der Waals surface area contributed by atoms with E-state index in [1.54, 1.807) is 6.20 Å². The van der Waals surface area contributed by atoms with Crippen LogP contribution < -0.4 is 5.73 Å². The summed E-state index contributed by atoms with van der Waals surface area (Å²) in [6, 6.07) is 12.4. The lowest BCUT2D eigenvalue weighted by atomic mass is 10.1. The number of halogens is 1. The van der Waals surface area contributed by atoms with Gasteiger partial charge in [-0.25, -0.2) is 4.98 Å². The van der Waals surface area contributed by atoms with Crippen molar-refractivity contribution in [2.75, 3.05) is 5.73 Å². The third-order valence-electron chi connectivity index (χ3n) is 2.23. The molecule has 1 heterocycles. The second-order valence-electron chi connectivity index (χ2n) is 3.35. The van der Waals surface area contributed by atoms with Crippen LogP contribution in [0.2, 0.25) is 0 Å². The van der Waals surface area contributed by atoms with E-state index in [1.165, 1.54) is 9.13 Å². The van der Waals surface area contributed by atoms with E-state index in [4.69, 9.17) is 5.73 Å². The number of rotatable bonds is 2. The molecule has 2 N–H and O–H groups in total. The first-order valence-electron chi connectivity index (χ1n) is 4.69. The molecule has 15 heavy (non-hydrogen) atoms. The molecule has 3 heteroatoms. The third kappa shape index (κ3) is 2.68. The minimum atomic E-state index is 0.621. The van der Waals surface area contributed by atoms with Gasteiger partial charge in [-0.1, -0.05) is 18.2 Å². The van der Waals surface area contributed by atoms with Crippen molar-refractivity contribution in [3.8, 4) is 0 Å². The van der Waals surface area contributed by atoms with E-state index < -0.39 is 0 Å². The van der Waals surface area contributed by atoms with Crippen molar-refractivity contribution in [3.63, 3.8) is 0 Å². The number of nitrogens with zero attached hydrogens (tertiary/aromatic N) is 1. The summed E-state index contributed by atoms with van der Waals surface area (Å²) in [5, 5.41) is 0. The molecule has 76 valence electrons. The van der Waals surface area contributed by atoms with Gasteiger partial charge in [0, 0.05) is 16.2 Å². The minimum Gasteiger partial charge on any atom is -0.383 e. The molecule has 0 fully saturated rings. The van der Waals surface area contributed by atoms with Crippen molar-refractivity contribution in [2.24, 2.45) is 0 Å². The van der Waals surface area contributed by atoms with E-state index in [2.05, 4.69) is 51.8 Å². The number of benzene rings is 1. The third-order valence-corrected chi connectivity index (χ3v) is 2.95. The topological polar surface area (TPSA) is 38.9 Å². The van der Waals surface area contributed by atoms with Gasteiger partial charge in [-0.3, -0.25) is 0 Å². The Bertz CT molecular complexity index is 451. The van der Waals surface area contributed by atoms with Crippen molar-refractivity contribution in [1.82, 2.24) is 4.98 Å². The Kier molecular flexibility index (Phi) is 3.20. The fourth-order valence-corrected chi connectivity index (χ4v) is 1.78. The molecule has 0 amide bonds. The van der Waals surface area contributed by atoms with Crippen LogP contribution in [0.25, 0.3) is 0 Å². The highest BCUT2D eigenvalue weighted by atomic mass is 127. The smallest absolute Gasteiger partial charge is 0.126 e. The Hall–Kier alpha value is -1.10. The van der Waals surface area contributed by atoms with E-state index >= 15 is 0 Å². The summed E-state index contributed by atoms with van der Waals surface area (Å²) in [6.45, 7) is 0. The standard InChI is InChI=1S/C12H11IN2/c13-11-5-3-9(4-6-11)8-10-2-1-7-15-12(10)14/h1-7H,8H2,(H2,14,15). The van der Waals surface area contributed by atoms with Crippen LogP contribution in [0.5, 0.6) is 0 Å². The summed E-state index contributed by atoms with van der Waals surface area (Å²) in [4.78, 5) is 4.07. The summed E-state index contributed by atoms with van der Waals surface area (Å²) in [5.74, 6) is 0.621. The molecule has 0 saturated heterocycles. The number of aromatic nitrogens is 1. The van der Waals surface area contributed by atoms with Gasteiger partial charge in [0.1, 0.15) is 5.82 Å². The van der Waals surface area contributed by atoms with Crippen molar-refractivity contribution in [1.29, 1.82) is 0 Å². The van der Waals surface area contributed by atoms with Crippen LogP contribution in [-0.4, -0.2) is 4.98 Å². The molecule has 0 unspecified atom stereocenters. The van der Waals surface area contributed by atoms with Crippen LogP contribution in [0, 0.1) is 3.57 Å². The lowest BCUT2D eigenvalue weighted by Crippen LogP contribution is -1.97. The Morgan fingerprint density at radius 1 is 1.13 bits per heavy atom. The SMILES string of the molecule is Nc1ncccc1Cc1ccc(I)cc1. The van der Waals surface area contributed by atoms with E-state index in [9.17, 15) is 0 Å². The quantitative estimate of drug-likeness (QED) is 0.866. The number of pyridine rings is 1. The van der Waals surface area contributed by atoms with Crippen LogP contribution in [-0.2, 0) is 6.42 Å². The molecule has 2 nitrogen and oxygen atoms in total. The largest absolute Gasteiger partial charge is 0.383 e. The van der Waals surface area contributed by atoms with Gasteiger partial charge in [0.05, 0.1) is 0 Å². The second kappa shape index (κ2) is 4.61. The molecule has 0 spiro atoms. The van der Waals surface area contributed by atoms with Crippen molar-refractivity contribution < 1.29 is 0 Å². The predicted molar refractivity (Wildman–Crippen MR) is 70.6 cm³/mol. The second-order valence-corrected chi connectivity index (χ2v) is 4.60. The zero-order valence-corrected chi connectivity index (χ0v) is 10.3. The van der Waals surface area contributed by atoms with Crippen LogP contribution in [0.15, 0.2) is 42.6 Å². The summed E-state index contributed by atoms with van der Waals surface area (Å²) < 4.78 is 1.25. The van der Waals surface area contributed by atoms with E-state index in [0.717, 1.165) is 12.0 Å². The number of anilines is 1. The number of nitrogens with two attached hydrogens (primary N) is 1.